The first-order chi connectivity index (χ1) is 18.3. The third-order valence-electron chi connectivity index (χ3n) is 6.49. The number of nitrogens with zero attached hydrogens (tertiary/aromatic N) is 4. The number of aromatic nitrogens is 3. The van der Waals surface area contributed by atoms with E-state index in [1.165, 1.54) is 6.07 Å². The molecule has 1 aromatic carbocycles. The van der Waals surface area contributed by atoms with Crippen LogP contribution in [0.3, 0.4) is 0 Å². The van der Waals surface area contributed by atoms with E-state index in [1.54, 1.807) is 17.9 Å². The third-order valence-corrected chi connectivity index (χ3v) is 6.49. The topological polar surface area (TPSA) is 130 Å². The molecular formula is C26H28FN7O4. The number of rotatable bonds is 6. The van der Waals surface area contributed by atoms with Crippen molar-refractivity contribution in [2.45, 2.75) is 38.8 Å². The van der Waals surface area contributed by atoms with E-state index in [1.807, 2.05) is 12.1 Å². The van der Waals surface area contributed by atoms with E-state index in [0.717, 1.165) is 46.9 Å². The normalized spacial score (nSPS) is 15.7. The number of piperidine rings is 1. The molecule has 38 heavy (non-hydrogen) atoms. The van der Waals surface area contributed by atoms with Crippen molar-refractivity contribution in [3.63, 3.8) is 0 Å². The number of hydrogen-bond acceptors (Lipinski definition) is 7. The Balaban J connectivity index is 1.32. The predicted molar refractivity (Wildman–Crippen MR) is 136 cm³/mol. The Bertz CT molecular complexity index is 1430. The average Bonchev–Trinajstić information content (AvgIpc) is 3.31. The summed E-state index contributed by atoms with van der Waals surface area (Å²) in [7, 11) is 0. The molecule has 4 heterocycles. The van der Waals surface area contributed by atoms with E-state index in [0.29, 0.717) is 25.4 Å². The van der Waals surface area contributed by atoms with Gasteiger partial charge in [-0.1, -0.05) is 12.6 Å². The van der Waals surface area contributed by atoms with Gasteiger partial charge in [0.25, 0.3) is 11.8 Å². The standard InChI is InChI=1S/C26H28FN7O4/c1-15-14-38-22-7-6-17(10-19(22)30-15)12-28-24(35)20-11-21(34-23(32-20)18(27)13-29-34)25(36)31-16(2)26(37)33-8-4-3-5-9-33/h6-7,10-11,13,16,30H,1,3-5,8-9,12,14H2,2H3,(H,28,35)(H,31,36). The molecular weight excluding hydrogens is 493 g/mol. The van der Waals surface area contributed by atoms with Crippen LogP contribution in [0.4, 0.5) is 10.1 Å². The van der Waals surface area contributed by atoms with E-state index in [-0.39, 0.29) is 29.5 Å². The quantitative estimate of drug-likeness (QED) is 0.454. The number of carbonyl (C=O) groups is 3. The molecule has 0 saturated carbocycles. The average molecular weight is 522 g/mol. The van der Waals surface area contributed by atoms with Crippen LogP contribution in [0, 0.1) is 5.82 Å². The van der Waals surface area contributed by atoms with Crippen molar-refractivity contribution < 1.29 is 23.5 Å². The smallest absolute Gasteiger partial charge is 0.270 e. The van der Waals surface area contributed by atoms with Gasteiger partial charge >= 0.3 is 0 Å². The van der Waals surface area contributed by atoms with Gasteiger partial charge < -0.3 is 25.6 Å². The fourth-order valence-corrected chi connectivity index (χ4v) is 4.51. The first-order valence-electron chi connectivity index (χ1n) is 12.4. The van der Waals surface area contributed by atoms with Crippen LogP contribution in [0.15, 0.2) is 42.7 Å². The maximum atomic E-state index is 14.4. The van der Waals surface area contributed by atoms with Gasteiger partial charge in [0.2, 0.25) is 5.91 Å². The zero-order chi connectivity index (χ0) is 26.8. The summed E-state index contributed by atoms with van der Waals surface area (Å²) >= 11 is 0. The fourth-order valence-electron chi connectivity index (χ4n) is 4.51. The molecule has 198 valence electrons. The lowest BCUT2D eigenvalue weighted by atomic mass is 10.1. The highest BCUT2D eigenvalue weighted by molar-refractivity contribution is 6.00. The highest BCUT2D eigenvalue weighted by Crippen LogP contribution is 2.30. The zero-order valence-electron chi connectivity index (χ0n) is 20.9. The van der Waals surface area contributed by atoms with Crippen LogP contribution in [0.25, 0.3) is 5.65 Å². The maximum Gasteiger partial charge on any atom is 0.270 e. The molecule has 0 bridgehead atoms. The summed E-state index contributed by atoms with van der Waals surface area (Å²) in [4.78, 5) is 44.7. The highest BCUT2D eigenvalue weighted by Gasteiger charge is 2.26. The number of halogens is 1. The second-order valence-electron chi connectivity index (χ2n) is 9.37. The number of benzene rings is 1. The van der Waals surface area contributed by atoms with Crippen molar-refractivity contribution in [2.75, 3.05) is 25.0 Å². The van der Waals surface area contributed by atoms with Crippen LogP contribution >= 0.6 is 0 Å². The Morgan fingerprint density at radius 3 is 2.76 bits per heavy atom. The van der Waals surface area contributed by atoms with Crippen molar-refractivity contribution in [1.82, 2.24) is 30.1 Å². The van der Waals surface area contributed by atoms with Gasteiger partial charge in [-0.05, 0) is 43.9 Å². The summed E-state index contributed by atoms with van der Waals surface area (Å²) in [6, 6.07) is 5.85. The molecule has 3 aromatic rings. The van der Waals surface area contributed by atoms with E-state index < -0.39 is 23.7 Å². The lowest BCUT2D eigenvalue weighted by Crippen LogP contribution is -2.48. The molecule has 2 aromatic heterocycles. The number of likely N-dealkylation sites (tertiary alicyclic amines) is 1. The molecule has 0 radical (unpaired) electrons. The third kappa shape index (κ3) is 5.15. The fraction of sp³-hybridized carbons (Fsp3) is 0.346. The number of fused-ring (bicyclic) bond motifs is 2. The number of nitrogens with one attached hydrogen (secondary N) is 3. The summed E-state index contributed by atoms with van der Waals surface area (Å²) in [5.41, 5.74) is 1.69. The molecule has 1 saturated heterocycles. The van der Waals surface area contributed by atoms with Gasteiger partial charge in [-0.2, -0.15) is 5.10 Å². The molecule has 1 fully saturated rings. The lowest BCUT2D eigenvalue weighted by Gasteiger charge is -2.29. The lowest BCUT2D eigenvalue weighted by molar-refractivity contribution is -0.133. The van der Waals surface area contributed by atoms with E-state index in [4.69, 9.17) is 4.74 Å². The van der Waals surface area contributed by atoms with Crippen LogP contribution in [0.1, 0.15) is 52.7 Å². The van der Waals surface area contributed by atoms with Crippen molar-refractivity contribution in [3.05, 3.63) is 65.5 Å². The van der Waals surface area contributed by atoms with Gasteiger partial charge in [0, 0.05) is 31.4 Å². The van der Waals surface area contributed by atoms with Crippen LogP contribution in [-0.4, -0.2) is 63.0 Å². The van der Waals surface area contributed by atoms with Crippen LogP contribution in [0.2, 0.25) is 0 Å². The van der Waals surface area contributed by atoms with Gasteiger partial charge in [0.15, 0.2) is 11.5 Å². The second-order valence-corrected chi connectivity index (χ2v) is 9.37. The summed E-state index contributed by atoms with van der Waals surface area (Å²) < 4.78 is 21.0. The summed E-state index contributed by atoms with van der Waals surface area (Å²) in [5, 5.41) is 12.4. The van der Waals surface area contributed by atoms with E-state index in [9.17, 15) is 18.8 Å². The maximum absolute atomic E-state index is 14.4. The molecule has 11 nitrogen and oxygen atoms in total. The molecule has 5 rings (SSSR count). The number of hydrogen-bond donors (Lipinski definition) is 3. The SMILES string of the molecule is C=C1COc2ccc(CNC(=O)c3cc(C(=O)NC(C)C(=O)N4CCCCC4)n4ncc(F)c4n3)cc2N1. The Kier molecular flexibility index (Phi) is 6.95. The summed E-state index contributed by atoms with van der Waals surface area (Å²) in [6.45, 7) is 7.27. The predicted octanol–water partition coefficient (Wildman–Crippen LogP) is 2.25. The molecule has 1 atom stereocenters. The van der Waals surface area contributed by atoms with Gasteiger partial charge in [0.05, 0.1) is 11.9 Å². The number of carbonyl (C=O) groups excluding carboxylic acids is 3. The van der Waals surface area contributed by atoms with Gasteiger partial charge in [0.1, 0.15) is 29.8 Å². The Morgan fingerprint density at radius 1 is 1.18 bits per heavy atom. The van der Waals surface area contributed by atoms with Crippen LogP contribution in [0.5, 0.6) is 5.75 Å². The monoisotopic (exact) mass is 521 g/mol. The molecule has 2 aliphatic rings. The first-order valence-corrected chi connectivity index (χ1v) is 12.4. The zero-order valence-corrected chi connectivity index (χ0v) is 20.9. The van der Waals surface area contributed by atoms with Gasteiger partial charge in [-0.3, -0.25) is 14.4 Å². The Morgan fingerprint density at radius 2 is 1.97 bits per heavy atom. The molecule has 0 aliphatic carbocycles. The van der Waals surface area contributed by atoms with Crippen LogP contribution < -0.4 is 20.7 Å². The minimum absolute atomic E-state index is 0.115. The minimum Gasteiger partial charge on any atom is -0.485 e. The Labute approximate surface area is 218 Å². The molecule has 2 aliphatic heterocycles. The summed E-state index contributed by atoms with van der Waals surface area (Å²) in [6.07, 6.45) is 3.84. The molecule has 0 spiro atoms. The molecule has 1 unspecified atom stereocenters. The van der Waals surface area contributed by atoms with Crippen molar-refractivity contribution >= 4 is 29.1 Å². The van der Waals surface area contributed by atoms with Gasteiger partial charge in [-0.25, -0.2) is 13.9 Å². The number of anilines is 1. The van der Waals surface area contributed by atoms with Crippen LogP contribution in [-0.2, 0) is 11.3 Å². The van der Waals surface area contributed by atoms with Crippen molar-refractivity contribution in [2.24, 2.45) is 0 Å². The highest BCUT2D eigenvalue weighted by atomic mass is 19.1. The minimum atomic E-state index is -0.806. The molecule has 3 N–H and O–H groups in total. The number of amides is 3. The largest absolute Gasteiger partial charge is 0.485 e. The molecule has 12 heteroatoms. The second kappa shape index (κ2) is 10.5. The Hall–Kier alpha value is -4.48. The first kappa shape index (κ1) is 25.2. The summed E-state index contributed by atoms with van der Waals surface area (Å²) in [5.74, 6) is -1.58. The van der Waals surface area contributed by atoms with Crippen molar-refractivity contribution in [1.29, 1.82) is 0 Å². The van der Waals surface area contributed by atoms with E-state index >= 15 is 0 Å². The van der Waals surface area contributed by atoms with E-state index in [2.05, 4.69) is 32.6 Å². The van der Waals surface area contributed by atoms with Crippen molar-refractivity contribution in [3.8, 4) is 5.75 Å². The molecule has 3 amide bonds. The number of ether oxygens (including phenoxy) is 1. The van der Waals surface area contributed by atoms with Gasteiger partial charge in [-0.15, -0.1) is 0 Å².